The lowest BCUT2D eigenvalue weighted by atomic mass is 10.5. The highest BCUT2D eigenvalue weighted by Crippen LogP contribution is 2.11. The molecule has 0 aliphatic carbocycles. The van der Waals surface area contributed by atoms with Crippen molar-refractivity contribution in [1.29, 1.82) is 0 Å². The monoisotopic (exact) mass is 227 g/mol. The number of pyridine rings is 1. The van der Waals surface area contributed by atoms with Gasteiger partial charge in [0.2, 0.25) is 0 Å². The van der Waals surface area contributed by atoms with Gasteiger partial charge in [-0.1, -0.05) is 25.7 Å². The Labute approximate surface area is 89.2 Å². The topological polar surface area (TPSA) is 30.0 Å². The first kappa shape index (κ1) is 11.6. The van der Waals surface area contributed by atoms with E-state index in [1.165, 1.54) is 0 Å². The molecule has 14 heavy (non-hydrogen) atoms. The normalized spacial score (nSPS) is 13.9. The first-order valence-corrected chi connectivity index (χ1v) is 9.81. The summed E-state index contributed by atoms with van der Waals surface area (Å²) in [5.74, 6) is 0.757. The third-order valence-electron chi connectivity index (χ3n) is 1.91. The van der Waals surface area contributed by atoms with Crippen LogP contribution in [0.15, 0.2) is 29.4 Å². The zero-order valence-electron chi connectivity index (χ0n) is 8.99. The minimum Gasteiger partial charge on any atom is -0.253 e. The predicted molar refractivity (Wildman–Crippen MR) is 63.7 cm³/mol. The minimum atomic E-state index is -1.07. The van der Waals surface area contributed by atoms with Crippen LogP contribution < -0.4 is 0 Å². The van der Waals surface area contributed by atoms with Crippen molar-refractivity contribution in [2.75, 3.05) is 5.75 Å². The van der Waals surface area contributed by atoms with E-state index in [1.54, 1.807) is 6.20 Å². The third-order valence-corrected chi connectivity index (χ3v) is 5.30. The lowest BCUT2D eigenvalue weighted by molar-refractivity contribution is 0.681. The van der Waals surface area contributed by atoms with E-state index in [0.29, 0.717) is 5.03 Å². The Morgan fingerprint density at radius 2 is 2.07 bits per heavy atom. The Kier molecular flexibility index (Phi) is 4.01. The van der Waals surface area contributed by atoms with Crippen molar-refractivity contribution in [2.45, 2.75) is 30.7 Å². The maximum absolute atomic E-state index is 11.8. The van der Waals surface area contributed by atoms with E-state index in [9.17, 15) is 4.21 Å². The van der Waals surface area contributed by atoms with Crippen molar-refractivity contribution in [1.82, 2.24) is 4.98 Å². The second kappa shape index (κ2) is 4.84. The van der Waals surface area contributed by atoms with Gasteiger partial charge in [-0.25, -0.2) is 4.98 Å². The first-order valence-electron chi connectivity index (χ1n) is 4.78. The molecule has 0 fully saturated rings. The molecule has 0 spiro atoms. The Morgan fingerprint density at radius 3 is 2.57 bits per heavy atom. The number of hydrogen-bond donors (Lipinski definition) is 0. The van der Waals surface area contributed by atoms with Gasteiger partial charge in [0, 0.05) is 20.0 Å². The standard InChI is InChI=1S/C10H17NOSSi/c1-14(2,3)9-8-13(12)10-6-4-5-7-11-10/h4-7H,8-9H2,1-3H3/t13-/m1/s1. The molecule has 0 aliphatic heterocycles. The van der Waals surface area contributed by atoms with Gasteiger partial charge in [-0.05, 0) is 18.2 Å². The second-order valence-electron chi connectivity index (χ2n) is 4.53. The van der Waals surface area contributed by atoms with Crippen molar-refractivity contribution in [3.05, 3.63) is 24.4 Å². The smallest absolute Gasteiger partial charge is 0.127 e. The van der Waals surface area contributed by atoms with Gasteiger partial charge < -0.3 is 0 Å². The van der Waals surface area contributed by atoms with E-state index < -0.39 is 18.9 Å². The largest absolute Gasteiger partial charge is 0.253 e. The van der Waals surface area contributed by atoms with Crippen LogP contribution in [0.3, 0.4) is 0 Å². The van der Waals surface area contributed by atoms with E-state index >= 15 is 0 Å². The number of nitrogens with zero attached hydrogens (tertiary/aromatic N) is 1. The van der Waals surface area contributed by atoms with Crippen molar-refractivity contribution in [2.24, 2.45) is 0 Å². The molecule has 1 rings (SSSR count). The second-order valence-corrected chi connectivity index (χ2v) is 11.7. The summed E-state index contributed by atoms with van der Waals surface area (Å²) in [4.78, 5) is 4.09. The van der Waals surface area contributed by atoms with Crippen LogP contribution >= 0.6 is 0 Å². The van der Waals surface area contributed by atoms with Gasteiger partial charge in [-0.3, -0.25) is 4.21 Å². The van der Waals surface area contributed by atoms with Gasteiger partial charge in [0.25, 0.3) is 0 Å². The van der Waals surface area contributed by atoms with E-state index in [4.69, 9.17) is 0 Å². The van der Waals surface area contributed by atoms with Gasteiger partial charge in [0.15, 0.2) is 0 Å². The molecule has 0 aromatic carbocycles. The molecule has 4 heteroatoms. The average Bonchev–Trinajstić information content (AvgIpc) is 2.14. The maximum atomic E-state index is 11.8. The minimum absolute atomic E-state index is 0.714. The van der Waals surface area contributed by atoms with Crippen LogP contribution in [0, 0.1) is 0 Å². The lowest BCUT2D eigenvalue weighted by Gasteiger charge is -2.14. The van der Waals surface area contributed by atoms with Gasteiger partial charge in [-0.15, -0.1) is 0 Å². The summed E-state index contributed by atoms with van der Waals surface area (Å²) in [6, 6.07) is 6.66. The lowest BCUT2D eigenvalue weighted by Crippen LogP contribution is -2.22. The Bertz CT molecular complexity index is 308. The highest BCUT2D eigenvalue weighted by molar-refractivity contribution is 7.85. The van der Waals surface area contributed by atoms with Crippen molar-refractivity contribution >= 4 is 18.9 Å². The molecule has 0 radical (unpaired) electrons. The van der Waals surface area contributed by atoms with Crippen LogP contribution in [-0.2, 0) is 10.8 Å². The molecule has 0 aliphatic rings. The van der Waals surface area contributed by atoms with Crippen LogP contribution in [-0.4, -0.2) is 23.0 Å². The number of aromatic nitrogens is 1. The highest BCUT2D eigenvalue weighted by atomic mass is 32.2. The molecule has 0 unspecified atom stereocenters. The SMILES string of the molecule is C[Si](C)(C)CC[S@@](=O)c1ccccn1. The zero-order chi connectivity index (χ0) is 10.6. The summed E-state index contributed by atoms with van der Waals surface area (Å²) in [6.45, 7) is 6.88. The number of hydrogen-bond acceptors (Lipinski definition) is 2. The fraction of sp³-hybridized carbons (Fsp3) is 0.500. The molecule has 0 saturated carbocycles. The summed E-state index contributed by atoms with van der Waals surface area (Å²) >= 11 is 0. The summed E-state index contributed by atoms with van der Waals surface area (Å²) in [5, 5.41) is 0.714. The van der Waals surface area contributed by atoms with E-state index in [2.05, 4.69) is 24.6 Å². The fourth-order valence-corrected chi connectivity index (χ4v) is 4.79. The zero-order valence-corrected chi connectivity index (χ0v) is 10.8. The maximum Gasteiger partial charge on any atom is 0.127 e. The summed E-state index contributed by atoms with van der Waals surface area (Å²) in [7, 11) is -1.98. The average molecular weight is 227 g/mol. The fourth-order valence-electron chi connectivity index (χ4n) is 0.985. The summed E-state index contributed by atoms with van der Waals surface area (Å²) in [5.41, 5.74) is 0. The molecule has 1 heterocycles. The van der Waals surface area contributed by atoms with Crippen molar-refractivity contribution in [3.8, 4) is 0 Å². The molecule has 0 saturated heterocycles. The molecule has 78 valence electrons. The van der Waals surface area contributed by atoms with Gasteiger partial charge in [0.05, 0.1) is 10.8 Å². The summed E-state index contributed by atoms with van der Waals surface area (Å²) < 4.78 is 11.8. The molecule has 0 amide bonds. The van der Waals surface area contributed by atoms with E-state index in [0.717, 1.165) is 11.8 Å². The van der Waals surface area contributed by atoms with Crippen molar-refractivity contribution in [3.63, 3.8) is 0 Å². The molecular formula is C10H17NOSSi. The molecule has 1 aromatic heterocycles. The van der Waals surface area contributed by atoms with E-state index in [1.807, 2.05) is 18.2 Å². The van der Waals surface area contributed by atoms with Crippen LogP contribution in [0.25, 0.3) is 0 Å². The molecule has 0 bridgehead atoms. The van der Waals surface area contributed by atoms with Gasteiger partial charge >= 0.3 is 0 Å². The summed E-state index contributed by atoms with van der Waals surface area (Å²) in [6.07, 6.45) is 1.70. The van der Waals surface area contributed by atoms with Crippen LogP contribution in [0.2, 0.25) is 25.7 Å². The van der Waals surface area contributed by atoms with Crippen LogP contribution in [0.5, 0.6) is 0 Å². The molecule has 2 nitrogen and oxygen atoms in total. The van der Waals surface area contributed by atoms with Crippen molar-refractivity contribution < 1.29 is 4.21 Å². The number of rotatable bonds is 4. The Hall–Kier alpha value is -0.483. The first-order chi connectivity index (χ1) is 6.49. The molecule has 0 N–H and O–H groups in total. The van der Waals surface area contributed by atoms with Gasteiger partial charge in [0.1, 0.15) is 5.03 Å². The highest BCUT2D eigenvalue weighted by Gasteiger charge is 2.15. The van der Waals surface area contributed by atoms with Gasteiger partial charge in [-0.2, -0.15) is 0 Å². The molecular weight excluding hydrogens is 210 g/mol. The Morgan fingerprint density at radius 1 is 1.36 bits per heavy atom. The van der Waals surface area contributed by atoms with Crippen LogP contribution in [0.4, 0.5) is 0 Å². The molecule has 1 atom stereocenters. The Balaban J connectivity index is 2.52. The third kappa shape index (κ3) is 4.15. The molecule has 1 aromatic rings. The van der Waals surface area contributed by atoms with Crippen LogP contribution in [0.1, 0.15) is 0 Å². The quantitative estimate of drug-likeness (QED) is 0.740. The van der Waals surface area contributed by atoms with E-state index in [-0.39, 0.29) is 0 Å². The predicted octanol–water partition coefficient (Wildman–Crippen LogP) is 2.53.